The van der Waals surface area contributed by atoms with Crippen LogP contribution >= 0.6 is 0 Å². The van der Waals surface area contributed by atoms with E-state index in [9.17, 15) is 9.59 Å². The SMILES string of the molecule is Cc1ccc(C2(C)OB([C@H](CC(C)C)NC(=O)[C@H](Cc3ccccc3)NC(=O)c3cnccn3)OC2(C)C)cc1. The lowest BCUT2D eigenvalue weighted by molar-refractivity contribution is -0.123. The number of carbonyl (C=O) groups is 2. The van der Waals surface area contributed by atoms with Gasteiger partial charge in [0, 0.05) is 18.8 Å². The van der Waals surface area contributed by atoms with Crippen LogP contribution in [0.5, 0.6) is 0 Å². The van der Waals surface area contributed by atoms with E-state index in [2.05, 4.69) is 65.6 Å². The smallest absolute Gasteiger partial charge is 0.402 e. The summed E-state index contributed by atoms with van der Waals surface area (Å²) in [7, 11) is -0.680. The highest BCUT2D eigenvalue weighted by molar-refractivity contribution is 6.48. The van der Waals surface area contributed by atoms with Gasteiger partial charge in [0.25, 0.3) is 5.91 Å². The van der Waals surface area contributed by atoms with E-state index in [0.717, 1.165) is 11.1 Å². The highest BCUT2D eigenvalue weighted by Crippen LogP contribution is 2.46. The van der Waals surface area contributed by atoms with E-state index in [1.54, 1.807) is 0 Å². The van der Waals surface area contributed by atoms with Gasteiger partial charge in [-0.25, -0.2) is 4.98 Å². The largest absolute Gasteiger partial charge is 0.482 e. The molecule has 2 N–H and O–H groups in total. The van der Waals surface area contributed by atoms with Crippen molar-refractivity contribution < 1.29 is 18.9 Å². The molecule has 2 heterocycles. The minimum atomic E-state index is -0.843. The number of benzene rings is 2. The quantitative estimate of drug-likeness (QED) is 0.368. The van der Waals surface area contributed by atoms with E-state index in [4.69, 9.17) is 9.31 Å². The topological polar surface area (TPSA) is 102 Å². The third-order valence-electron chi connectivity index (χ3n) is 7.60. The molecule has 4 rings (SSSR count). The molecule has 1 unspecified atom stereocenters. The van der Waals surface area contributed by atoms with E-state index in [1.165, 1.54) is 24.2 Å². The van der Waals surface area contributed by atoms with Crippen LogP contribution in [0, 0.1) is 12.8 Å². The molecule has 9 heteroatoms. The van der Waals surface area contributed by atoms with Crippen LogP contribution in [0.2, 0.25) is 0 Å². The lowest BCUT2D eigenvalue weighted by atomic mass is 9.73. The molecule has 0 saturated carbocycles. The first-order valence-electron chi connectivity index (χ1n) is 13.8. The maximum atomic E-state index is 13.8. The molecule has 0 spiro atoms. The Balaban J connectivity index is 1.57. The fourth-order valence-electron chi connectivity index (χ4n) is 4.99. The van der Waals surface area contributed by atoms with Crippen LogP contribution in [-0.4, -0.2) is 46.5 Å². The van der Waals surface area contributed by atoms with Crippen LogP contribution in [0.15, 0.2) is 73.2 Å². The molecule has 0 bridgehead atoms. The zero-order valence-electron chi connectivity index (χ0n) is 24.2. The van der Waals surface area contributed by atoms with Crippen molar-refractivity contribution in [3.63, 3.8) is 0 Å². The maximum Gasteiger partial charge on any atom is 0.482 e. The number of aryl methyl sites for hydroxylation is 1. The highest BCUT2D eigenvalue weighted by Gasteiger charge is 2.57. The summed E-state index contributed by atoms with van der Waals surface area (Å²) in [5.41, 5.74) is 1.86. The van der Waals surface area contributed by atoms with Gasteiger partial charge in [-0.15, -0.1) is 0 Å². The Morgan fingerprint density at radius 3 is 2.27 bits per heavy atom. The van der Waals surface area contributed by atoms with Gasteiger partial charge in [-0.05, 0) is 51.2 Å². The van der Waals surface area contributed by atoms with Gasteiger partial charge in [0.1, 0.15) is 17.3 Å². The van der Waals surface area contributed by atoms with Crippen molar-refractivity contribution in [1.82, 2.24) is 20.6 Å². The third-order valence-corrected chi connectivity index (χ3v) is 7.60. The molecule has 2 amide bonds. The monoisotopic (exact) mass is 542 g/mol. The number of nitrogens with one attached hydrogen (secondary N) is 2. The highest BCUT2D eigenvalue weighted by atomic mass is 16.7. The van der Waals surface area contributed by atoms with Crippen molar-refractivity contribution >= 4 is 18.9 Å². The zero-order chi connectivity index (χ0) is 28.9. The summed E-state index contributed by atoms with van der Waals surface area (Å²) in [4.78, 5) is 34.9. The predicted octanol–water partition coefficient (Wildman–Crippen LogP) is 4.43. The number of nitrogens with zero attached hydrogens (tertiary/aromatic N) is 2. The van der Waals surface area contributed by atoms with Gasteiger partial charge in [0.2, 0.25) is 5.91 Å². The van der Waals surface area contributed by atoms with Crippen LogP contribution in [0.4, 0.5) is 0 Å². The second-order valence-corrected chi connectivity index (χ2v) is 11.6. The summed E-state index contributed by atoms with van der Waals surface area (Å²) in [6.45, 7) is 12.3. The predicted molar refractivity (Wildman–Crippen MR) is 155 cm³/mol. The molecular formula is C31H39BN4O4. The summed E-state index contributed by atoms with van der Waals surface area (Å²) >= 11 is 0. The van der Waals surface area contributed by atoms with Crippen molar-refractivity contribution in [3.05, 3.63) is 95.6 Å². The van der Waals surface area contributed by atoms with Crippen LogP contribution in [0.25, 0.3) is 0 Å². The Morgan fingerprint density at radius 2 is 1.65 bits per heavy atom. The maximum absolute atomic E-state index is 13.8. The molecule has 1 aromatic heterocycles. The Bertz CT molecular complexity index is 1290. The zero-order valence-corrected chi connectivity index (χ0v) is 24.2. The first-order chi connectivity index (χ1) is 19.0. The van der Waals surface area contributed by atoms with Crippen LogP contribution in [-0.2, 0) is 26.1 Å². The number of carbonyl (C=O) groups excluding carboxylic acids is 2. The van der Waals surface area contributed by atoms with Crippen LogP contribution < -0.4 is 10.6 Å². The Morgan fingerprint density at radius 1 is 0.950 bits per heavy atom. The average Bonchev–Trinajstić information content (AvgIpc) is 3.18. The fraction of sp³-hybridized carbons (Fsp3) is 0.419. The van der Waals surface area contributed by atoms with E-state index >= 15 is 0 Å². The molecule has 0 radical (unpaired) electrons. The van der Waals surface area contributed by atoms with Gasteiger partial charge < -0.3 is 19.9 Å². The van der Waals surface area contributed by atoms with E-state index < -0.39 is 36.2 Å². The summed E-state index contributed by atoms with van der Waals surface area (Å²) < 4.78 is 13.2. The molecule has 1 fully saturated rings. The minimum Gasteiger partial charge on any atom is -0.402 e. The van der Waals surface area contributed by atoms with Gasteiger partial charge in [-0.1, -0.05) is 74.0 Å². The summed E-state index contributed by atoms with van der Waals surface area (Å²) in [6.07, 6.45) is 5.26. The van der Waals surface area contributed by atoms with Crippen molar-refractivity contribution in [1.29, 1.82) is 0 Å². The molecule has 8 nitrogen and oxygen atoms in total. The number of aromatic nitrogens is 2. The lowest BCUT2D eigenvalue weighted by Crippen LogP contribution is -2.55. The molecule has 210 valence electrons. The van der Waals surface area contributed by atoms with E-state index in [-0.39, 0.29) is 17.5 Å². The van der Waals surface area contributed by atoms with Crippen molar-refractivity contribution in [2.45, 2.75) is 77.6 Å². The Kier molecular flexibility index (Phi) is 9.06. The van der Waals surface area contributed by atoms with E-state index in [0.29, 0.717) is 12.8 Å². The third kappa shape index (κ3) is 6.77. The van der Waals surface area contributed by atoms with Crippen molar-refractivity contribution in [2.24, 2.45) is 5.92 Å². The summed E-state index contributed by atoms with van der Waals surface area (Å²) in [6, 6.07) is 17.0. The van der Waals surface area contributed by atoms with Gasteiger partial charge >= 0.3 is 7.12 Å². The molecule has 0 aliphatic carbocycles. The van der Waals surface area contributed by atoms with Crippen molar-refractivity contribution in [2.75, 3.05) is 0 Å². The number of hydrogen-bond donors (Lipinski definition) is 2. The van der Waals surface area contributed by atoms with Gasteiger partial charge in [-0.2, -0.15) is 0 Å². The average molecular weight is 542 g/mol. The first-order valence-corrected chi connectivity index (χ1v) is 13.8. The van der Waals surface area contributed by atoms with Crippen LogP contribution in [0.1, 0.15) is 68.2 Å². The molecule has 1 aliphatic heterocycles. The number of rotatable bonds is 10. The molecular weight excluding hydrogens is 503 g/mol. The van der Waals surface area contributed by atoms with Gasteiger partial charge in [-0.3, -0.25) is 14.6 Å². The molecule has 3 aromatic rings. The second kappa shape index (κ2) is 12.3. The first kappa shape index (κ1) is 29.4. The van der Waals surface area contributed by atoms with Gasteiger partial charge in [0.15, 0.2) is 0 Å². The Labute approximate surface area is 237 Å². The second-order valence-electron chi connectivity index (χ2n) is 11.6. The molecule has 1 saturated heterocycles. The minimum absolute atomic E-state index is 0.144. The van der Waals surface area contributed by atoms with Gasteiger partial charge in [0.05, 0.1) is 17.7 Å². The summed E-state index contributed by atoms with van der Waals surface area (Å²) in [5.74, 6) is -0.967. The standard InChI is InChI=1S/C31H39BN4O4/c1-21(2)18-27(32-39-30(4,5)31(6,40-32)24-14-12-22(3)13-15-24)36-28(37)25(19-23-10-8-7-9-11-23)35-29(38)26-20-33-16-17-34-26/h7-17,20-21,25,27H,18-19H2,1-6H3,(H,35,38)(H,36,37)/t25-,27-,31?/m0/s1. The summed E-state index contributed by atoms with van der Waals surface area (Å²) in [5, 5.41) is 6.02. The molecule has 2 aromatic carbocycles. The van der Waals surface area contributed by atoms with E-state index in [1.807, 2.05) is 51.1 Å². The molecule has 40 heavy (non-hydrogen) atoms. The van der Waals surface area contributed by atoms with Crippen molar-refractivity contribution in [3.8, 4) is 0 Å². The number of amides is 2. The lowest BCUT2D eigenvalue weighted by Gasteiger charge is -2.37. The fourth-order valence-corrected chi connectivity index (χ4v) is 4.99. The number of hydrogen-bond acceptors (Lipinski definition) is 6. The Hall–Kier alpha value is -3.56. The molecule has 3 atom stereocenters. The normalized spacial score (nSPS) is 19.7. The molecule has 1 aliphatic rings. The van der Waals surface area contributed by atoms with Crippen LogP contribution in [0.3, 0.4) is 0 Å².